The van der Waals surface area contributed by atoms with Gasteiger partial charge in [-0.15, -0.1) is 12.4 Å². The van der Waals surface area contributed by atoms with Crippen LogP contribution in [0.15, 0.2) is 48.5 Å². The average Bonchev–Trinajstić information content (AvgIpc) is 2.54. The molecule has 0 saturated carbocycles. The first-order valence-corrected chi connectivity index (χ1v) is 7.38. The van der Waals surface area contributed by atoms with Crippen LogP contribution in [0, 0.1) is 0 Å². The molecule has 23 heavy (non-hydrogen) atoms. The SMILES string of the molecule is COc1ccc(C(C)CCNC(=O)c2cccc(N)c2)cc1.Cl. The summed E-state index contributed by atoms with van der Waals surface area (Å²) in [6, 6.07) is 15.0. The number of nitrogen functional groups attached to an aromatic ring is 1. The van der Waals surface area contributed by atoms with Crippen LogP contribution in [-0.4, -0.2) is 19.6 Å². The zero-order valence-corrected chi connectivity index (χ0v) is 14.2. The van der Waals surface area contributed by atoms with Gasteiger partial charge in [0.25, 0.3) is 5.91 Å². The minimum absolute atomic E-state index is 0. The molecule has 3 N–H and O–H groups in total. The van der Waals surface area contributed by atoms with Crippen LogP contribution < -0.4 is 15.8 Å². The van der Waals surface area contributed by atoms with Crippen LogP contribution in [0.4, 0.5) is 5.69 Å². The maximum absolute atomic E-state index is 12.0. The van der Waals surface area contributed by atoms with Gasteiger partial charge < -0.3 is 15.8 Å². The molecule has 2 aromatic rings. The van der Waals surface area contributed by atoms with E-state index >= 15 is 0 Å². The van der Waals surface area contributed by atoms with Crippen LogP contribution >= 0.6 is 12.4 Å². The third kappa shape index (κ3) is 5.49. The molecule has 1 atom stereocenters. The van der Waals surface area contributed by atoms with E-state index in [0.29, 0.717) is 23.7 Å². The Hall–Kier alpha value is -2.20. The number of ether oxygens (including phenoxy) is 1. The zero-order chi connectivity index (χ0) is 15.9. The van der Waals surface area contributed by atoms with Crippen LogP contribution in [0.1, 0.15) is 35.2 Å². The minimum Gasteiger partial charge on any atom is -0.497 e. The molecule has 0 aliphatic heterocycles. The molecular weight excluding hydrogens is 312 g/mol. The van der Waals surface area contributed by atoms with E-state index in [2.05, 4.69) is 24.4 Å². The molecule has 4 nitrogen and oxygen atoms in total. The molecule has 0 heterocycles. The van der Waals surface area contributed by atoms with E-state index in [-0.39, 0.29) is 18.3 Å². The highest BCUT2D eigenvalue weighted by molar-refractivity contribution is 5.94. The van der Waals surface area contributed by atoms with Gasteiger partial charge in [-0.1, -0.05) is 25.1 Å². The van der Waals surface area contributed by atoms with Gasteiger partial charge in [0.1, 0.15) is 5.75 Å². The quantitative estimate of drug-likeness (QED) is 0.793. The first-order chi connectivity index (χ1) is 10.6. The van der Waals surface area contributed by atoms with E-state index in [9.17, 15) is 4.79 Å². The number of halogens is 1. The summed E-state index contributed by atoms with van der Waals surface area (Å²) < 4.78 is 5.15. The number of hydrogen-bond acceptors (Lipinski definition) is 3. The Morgan fingerprint density at radius 3 is 2.52 bits per heavy atom. The summed E-state index contributed by atoms with van der Waals surface area (Å²) in [4.78, 5) is 12.0. The lowest BCUT2D eigenvalue weighted by Crippen LogP contribution is -2.25. The summed E-state index contributed by atoms with van der Waals surface area (Å²) >= 11 is 0. The van der Waals surface area contributed by atoms with Gasteiger partial charge >= 0.3 is 0 Å². The second kappa shape index (κ2) is 9.06. The van der Waals surface area contributed by atoms with E-state index in [1.165, 1.54) is 5.56 Å². The fourth-order valence-electron chi connectivity index (χ4n) is 2.28. The Kier molecular flexibility index (Phi) is 7.42. The topological polar surface area (TPSA) is 64.3 Å². The van der Waals surface area contributed by atoms with Crippen LogP contribution in [0.2, 0.25) is 0 Å². The molecular formula is C18H23ClN2O2. The smallest absolute Gasteiger partial charge is 0.251 e. The second-order valence-corrected chi connectivity index (χ2v) is 5.34. The maximum atomic E-state index is 12.0. The normalized spacial score (nSPS) is 11.2. The van der Waals surface area contributed by atoms with Gasteiger partial charge in [-0.25, -0.2) is 0 Å². The maximum Gasteiger partial charge on any atom is 0.251 e. The lowest BCUT2D eigenvalue weighted by atomic mass is 9.98. The number of hydrogen-bond donors (Lipinski definition) is 2. The van der Waals surface area contributed by atoms with Crippen molar-refractivity contribution in [2.24, 2.45) is 0 Å². The van der Waals surface area contributed by atoms with E-state index in [4.69, 9.17) is 10.5 Å². The fraction of sp³-hybridized carbons (Fsp3) is 0.278. The molecule has 5 heteroatoms. The third-order valence-electron chi connectivity index (χ3n) is 3.70. The van der Waals surface area contributed by atoms with Crippen LogP contribution in [0.3, 0.4) is 0 Å². The Morgan fingerprint density at radius 2 is 1.91 bits per heavy atom. The molecule has 0 fully saturated rings. The van der Waals surface area contributed by atoms with Gasteiger partial charge in [0.05, 0.1) is 7.11 Å². The number of rotatable bonds is 6. The molecule has 0 bridgehead atoms. The molecule has 0 spiro atoms. The molecule has 0 aliphatic rings. The van der Waals surface area contributed by atoms with Crippen molar-refractivity contribution >= 4 is 24.0 Å². The Balaban J connectivity index is 0.00000264. The van der Waals surface area contributed by atoms with Crippen molar-refractivity contribution in [2.75, 3.05) is 19.4 Å². The van der Waals surface area contributed by atoms with Crippen molar-refractivity contribution in [3.63, 3.8) is 0 Å². The molecule has 0 aliphatic carbocycles. The van der Waals surface area contributed by atoms with Crippen LogP contribution in [0.5, 0.6) is 5.75 Å². The number of methoxy groups -OCH3 is 1. The number of carbonyl (C=O) groups excluding carboxylic acids is 1. The largest absolute Gasteiger partial charge is 0.497 e. The number of amides is 1. The Labute approximate surface area is 143 Å². The van der Waals surface area contributed by atoms with Crippen molar-refractivity contribution in [1.29, 1.82) is 0 Å². The van der Waals surface area contributed by atoms with Crippen molar-refractivity contribution in [1.82, 2.24) is 5.32 Å². The predicted molar refractivity (Wildman–Crippen MR) is 96.5 cm³/mol. The van der Waals surface area contributed by atoms with Crippen molar-refractivity contribution in [3.8, 4) is 5.75 Å². The Morgan fingerprint density at radius 1 is 1.22 bits per heavy atom. The molecule has 1 unspecified atom stereocenters. The summed E-state index contributed by atoms with van der Waals surface area (Å²) in [5.41, 5.74) is 8.11. The highest BCUT2D eigenvalue weighted by atomic mass is 35.5. The van der Waals surface area contributed by atoms with Gasteiger partial charge in [-0.2, -0.15) is 0 Å². The lowest BCUT2D eigenvalue weighted by Gasteiger charge is -2.13. The summed E-state index contributed by atoms with van der Waals surface area (Å²) in [7, 11) is 1.66. The summed E-state index contributed by atoms with van der Waals surface area (Å²) in [6.07, 6.45) is 0.875. The third-order valence-corrected chi connectivity index (χ3v) is 3.70. The second-order valence-electron chi connectivity index (χ2n) is 5.34. The number of nitrogens with one attached hydrogen (secondary N) is 1. The predicted octanol–water partition coefficient (Wildman–Crippen LogP) is 3.62. The van der Waals surface area contributed by atoms with Gasteiger partial charge in [0, 0.05) is 17.8 Å². The van der Waals surface area contributed by atoms with Gasteiger partial charge in [-0.3, -0.25) is 4.79 Å². The number of benzene rings is 2. The van der Waals surface area contributed by atoms with Crippen molar-refractivity contribution < 1.29 is 9.53 Å². The van der Waals surface area contributed by atoms with Gasteiger partial charge in [0.2, 0.25) is 0 Å². The van der Waals surface area contributed by atoms with Crippen LogP contribution in [-0.2, 0) is 0 Å². The summed E-state index contributed by atoms with van der Waals surface area (Å²) in [5, 5.41) is 2.93. The van der Waals surface area contributed by atoms with Crippen molar-refractivity contribution in [3.05, 3.63) is 59.7 Å². The molecule has 124 valence electrons. The van der Waals surface area contributed by atoms with Crippen LogP contribution in [0.25, 0.3) is 0 Å². The first kappa shape index (κ1) is 18.8. The number of anilines is 1. The number of carbonyl (C=O) groups is 1. The van der Waals surface area contributed by atoms with E-state index in [1.807, 2.05) is 12.1 Å². The number of nitrogens with two attached hydrogens (primary N) is 1. The Bertz CT molecular complexity index is 629. The summed E-state index contributed by atoms with van der Waals surface area (Å²) in [5.74, 6) is 1.13. The van der Waals surface area contributed by atoms with Gasteiger partial charge in [0.15, 0.2) is 0 Å². The molecule has 2 aromatic carbocycles. The van der Waals surface area contributed by atoms with Crippen molar-refractivity contribution in [2.45, 2.75) is 19.3 Å². The minimum atomic E-state index is -0.0887. The molecule has 2 rings (SSSR count). The fourth-order valence-corrected chi connectivity index (χ4v) is 2.28. The first-order valence-electron chi connectivity index (χ1n) is 7.38. The molecule has 0 saturated heterocycles. The highest BCUT2D eigenvalue weighted by Gasteiger charge is 2.08. The zero-order valence-electron chi connectivity index (χ0n) is 13.4. The monoisotopic (exact) mass is 334 g/mol. The van der Waals surface area contributed by atoms with Gasteiger partial charge in [-0.05, 0) is 48.2 Å². The summed E-state index contributed by atoms with van der Waals surface area (Å²) in [6.45, 7) is 2.77. The average molecular weight is 335 g/mol. The molecule has 0 radical (unpaired) electrons. The van der Waals surface area contributed by atoms with E-state index in [0.717, 1.165) is 12.2 Å². The lowest BCUT2D eigenvalue weighted by molar-refractivity contribution is 0.0952. The molecule has 0 aromatic heterocycles. The highest BCUT2D eigenvalue weighted by Crippen LogP contribution is 2.21. The molecule has 1 amide bonds. The van der Waals surface area contributed by atoms with E-state index < -0.39 is 0 Å². The standard InChI is InChI=1S/C18H22N2O2.ClH/c1-13(14-6-8-17(22-2)9-7-14)10-11-20-18(21)15-4-3-5-16(19)12-15;/h3-9,12-13H,10-11,19H2,1-2H3,(H,20,21);1H. The van der Waals surface area contributed by atoms with E-state index in [1.54, 1.807) is 31.4 Å².